The fourth-order valence-electron chi connectivity index (χ4n) is 5.40. The Morgan fingerprint density at radius 3 is 2.00 bits per heavy atom. The minimum Gasteiger partial charge on any atom is -0.490 e. The van der Waals surface area contributed by atoms with Gasteiger partial charge < -0.3 is 9.64 Å². The average Bonchev–Trinajstić information content (AvgIpc) is 3.01. The van der Waals surface area contributed by atoms with Gasteiger partial charge in [-0.3, -0.25) is 0 Å². The first-order valence-electron chi connectivity index (χ1n) is 13.6. The van der Waals surface area contributed by atoms with Crippen molar-refractivity contribution < 1.29 is 4.74 Å². The quantitative estimate of drug-likeness (QED) is 0.168. The van der Waals surface area contributed by atoms with Crippen LogP contribution in [0, 0.1) is 17.9 Å². The number of hydrogen-bond acceptors (Lipinski definition) is 3. The third-order valence-electron chi connectivity index (χ3n) is 7.29. The Bertz CT molecular complexity index is 1830. The zero-order valence-corrected chi connectivity index (χ0v) is 22.7. The first-order chi connectivity index (χ1) is 20.1. The summed E-state index contributed by atoms with van der Waals surface area (Å²) in [5, 5.41) is 14.0. The molecule has 0 aliphatic carbocycles. The molecule has 1 atom stereocenters. The summed E-state index contributed by atoms with van der Waals surface area (Å²) in [6, 6.07) is 40.3. The molecular formula is C37H27N3O. The minimum absolute atomic E-state index is 0.0999. The number of rotatable bonds is 5. The van der Waals surface area contributed by atoms with Crippen molar-refractivity contribution in [3.63, 3.8) is 0 Å². The molecular weight excluding hydrogens is 502 g/mol. The van der Waals surface area contributed by atoms with E-state index < -0.39 is 0 Å². The molecule has 4 heteroatoms. The molecule has 1 aliphatic rings. The van der Waals surface area contributed by atoms with Crippen LogP contribution in [0.15, 0.2) is 138 Å². The van der Waals surface area contributed by atoms with Gasteiger partial charge in [0.15, 0.2) is 0 Å². The van der Waals surface area contributed by atoms with Gasteiger partial charge in [0.05, 0.1) is 30.1 Å². The first-order valence-corrected chi connectivity index (χ1v) is 13.6. The molecule has 1 aliphatic heterocycles. The van der Waals surface area contributed by atoms with Crippen LogP contribution < -0.4 is 4.90 Å². The summed E-state index contributed by atoms with van der Waals surface area (Å²) in [6.07, 6.45) is 6.14. The van der Waals surface area contributed by atoms with Crippen LogP contribution in [-0.2, 0) is 4.74 Å². The number of hydrogen-bond donors (Lipinski definition) is 0. The van der Waals surface area contributed by atoms with Gasteiger partial charge in [-0.2, -0.15) is 0 Å². The zero-order valence-electron chi connectivity index (χ0n) is 22.7. The van der Waals surface area contributed by atoms with Gasteiger partial charge in [0.2, 0.25) is 0 Å². The molecule has 4 nitrogen and oxygen atoms in total. The van der Waals surface area contributed by atoms with E-state index in [2.05, 4.69) is 119 Å². The highest BCUT2D eigenvalue weighted by Gasteiger charge is 2.19. The molecule has 0 saturated carbocycles. The molecule has 6 rings (SSSR count). The number of benzene rings is 5. The molecule has 41 heavy (non-hydrogen) atoms. The van der Waals surface area contributed by atoms with Crippen molar-refractivity contribution in [1.29, 1.82) is 5.26 Å². The second kappa shape index (κ2) is 11.3. The smallest absolute Gasteiger partial charge is 0.265 e. The minimum atomic E-state index is -0.0999. The van der Waals surface area contributed by atoms with Crippen molar-refractivity contribution in [2.24, 2.45) is 0 Å². The molecule has 5 aromatic rings. The molecule has 1 unspecified atom stereocenters. The predicted molar refractivity (Wildman–Crippen MR) is 168 cm³/mol. The standard InChI is InChI=1S/C37H27N3O/c1-26-23-30(35(25-38)39-2)24-32(41-26)22-19-27-17-20-31(21-18-27)40(36-15-7-11-28-9-3-5-13-33(28)36)37-16-8-12-29-10-4-6-14-34(29)37/h3-22,24,26H,23H2,1H3/b22-19+,35-30?. The summed E-state index contributed by atoms with van der Waals surface area (Å²) in [4.78, 5) is 5.70. The predicted octanol–water partition coefficient (Wildman–Crippen LogP) is 9.87. The largest absolute Gasteiger partial charge is 0.490 e. The zero-order chi connectivity index (χ0) is 28.2. The lowest BCUT2D eigenvalue weighted by molar-refractivity contribution is 0.133. The maximum absolute atomic E-state index is 9.30. The monoisotopic (exact) mass is 529 g/mol. The van der Waals surface area contributed by atoms with Crippen LogP contribution in [0.1, 0.15) is 18.9 Å². The van der Waals surface area contributed by atoms with Gasteiger partial charge in [0.1, 0.15) is 5.76 Å². The first kappa shape index (κ1) is 25.7. The van der Waals surface area contributed by atoms with E-state index in [1.165, 1.54) is 21.5 Å². The maximum atomic E-state index is 9.30. The van der Waals surface area contributed by atoms with Crippen molar-refractivity contribution in [1.82, 2.24) is 0 Å². The number of nitrogens with zero attached hydrogens (tertiary/aromatic N) is 3. The van der Waals surface area contributed by atoms with Gasteiger partial charge in [-0.05, 0) is 65.3 Å². The highest BCUT2D eigenvalue weighted by molar-refractivity contribution is 6.04. The van der Waals surface area contributed by atoms with Crippen LogP contribution in [-0.4, -0.2) is 6.10 Å². The molecule has 196 valence electrons. The topological polar surface area (TPSA) is 40.6 Å². The third-order valence-corrected chi connectivity index (χ3v) is 7.29. The molecule has 0 N–H and O–H groups in total. The van der Waals surface area contributed by atoms with Crippen LogP contribution >= 0.6 is 0 Å². The summed E-state index contributed by atoms with van der Waals surface area (Å²) in [7, 11) is 0. The Balaban J connectivity index is 1.41. The molecule has 0 amide bonds. The Hall–Kier alpha value is -5.58. The Morgan fingerprint density at radius 1 is 0.829 bits per heavy atom. The Kier molecular flexibility index (Phi) is 7.06. The lowest BCUT2D eigenvalue weighted by Crippen LogP contribution is -2.13. The van der Waals surface area contributed by atoms with E-state index in [4.69, 9.17) is 11.3 Å². The van der Waals surface area contributed by atoms with Crippen LogP contribution in [0.3, 0.4) is 0 Å². The summed E-state index contributed by atoms with van der Waals surface area (Å²) in [6.45, 7) is 9.23. The van der Waals surface area contributed by atoms with E-state index in [-0.39, 0.29) is 11.8 Å². The van der Waals surface area contributed by atoms with E-state index in [0.717, 1.165) is 28.2 Å². The van der Waals surface area contributed by atoms with E-state index in [1.54, 1.807) is 6.08 Å². The molecule has 0 spiro atoms. The number of anilines is 3. The number of ether oxygens (including phenoxy) is 1. The molecule has 0 aromatic heterocycles. The van der Waals surface area contributed by atoms with Gasteiger partial charge in [-0.15, -0.1) is 0 Å². The van der Waals surface area contributed by atoms with Gasteiger partial charge >= 0.3 is 0 Å². The van der Waals surface area contributed by atoms with Gasteiger partial charge in [-0.25, -0.2) is 10.1 Å². The highest BCUT2D eigenvalue weighted by atomic mass is 16.5. The maximum Gasteiger partial charge on any atom is 0.265 e. The van der Waals surface area contributed by atoms with Crippen molar-refractivity contribution in [2.45, 2.75) is 19.4 Å². The summed E-state index contributed by atoms with van der Waals surface area (Å²) in [5.74, 6) is 0.646. The molecule has 5 aromatic carbocycles. The SMILES string of the molecule is [C-]#[N+]C(C#N)=C1C=C(/C=C/c2ccc(N(c3cccc4ccccc34)c3cccc4ccccc34)cc2)OC(C)C1. The van der Waals surface area contributed by atoms with Crippen LogP contribution in [0.2, 0.25) is 0 Å². The fourth-order valence-corrected chi connectivity index (χ4v) is 5.40. The Morgan fingerprint density at radius 2 is 1.41 bits per heavy atom. The van der Waals surface area contributed by atoms with Crippen molar-refractivity contribution in [2.75, 3.05) is 4.90 Å². The van der Waals surface area contributed by atoms with Gasteiger partial charge in [0.25, 0.3) is 5.70 Å². The number of fused-ring (bicyclic) bond motifs is 2. The third kappa shape index (κ3) is 5.20. The fraction of sp³-hybridized carbons (Fsp3) is 0.0811. The highest BCUT2D eigenvalue weighted by Crippen LogP contribution is 2.41. The lowest BCUT2D eigenvalue weighted by Gasteiger charge is -2.28. The van der Waals surface area contributed by atoms with Crippen molar-refractivity contribution in [3.05, 3.63) is 155 Å². The van der Waals surface area contributed by atoms with E-state index in [1.807, 2.05) is 25.1 Å². The lowest BCUT2D eigenvalue weighted by atomic mass is 10.0. The van der Waals surface area contributed by atoms with Crippen molar-refractivity contribution >= 4 is 44.7 Å². The number of nitriles is 1. The summed E-state index contributed by atoms with van der Waals surface area (Å²) < 4.78 is 5.96. The van der Waals surface area contributed by atoms with Crippen LogP contribution in [0.4, 0.5) is 17.1 Å². The molecule has 0 fully saturated rings. The van der Waals surface area contributed by atoms with E-state index in [9.17, 15) is 5.26 Å². The molecule has 0 radical (unpaired) electrons. The molecule has 0 bridgehead atoms. The summed E-state index contributed by atoms with van der Waals surface area (Å²) in [5.41, 5.74) is 5.14. The molecule has 0 saturated heterocycles. The van der Waals surface area contributed by atoms with Crippen LogP contribution in [0.25, 0.3) is 32.5 Å². The summed E-state index contributed by atoms with van der Waals surface area (Å²) >= 11 is 0. The second-order valence-electron chi connectivity index (χ2n) is 10.0. The number of allylic oxidation sites excluding steroid dienone is 3. The van der Waals surface area contributed by atoms with Gasteiger partial charge in [0, 0.05) is 22.9 Å². The van der Waals surface area contributed by atoms with Crippen LogP contribution in [0.5, 0.6) is 0 Å². The normalized spacial score (nSPS) is 16.1. The van der Waals surface area contributed by atoms with E-state index >= 15 is 0 Å². The van der Waals surface area contributed by atoms with Crippen molar-refractivity contribution in [3.8, 4) is 6.07 Å². The second-order valence-corrected chi connectivity index (χ2v) is 10.0. The Labute approximate surface area is 240 Å². The van der Waals surface area contributed by atoms with E-state index in [0.29, 0.717) is 12.2 Å². The van der Waals surface area contributed by atoms with Gasteiger partial charge in [-0.1, -0.05) is 91.0 Å². The molecule has 1 heterocycles. The average molecular weight is 530 g/mol.